The number of amides is 2. The second-order valence-corrected chi connectivity index (χ2v) is 7.05. The van der Waals surface area contributed by atoms with Crippen LogP contribution in [0.25, 0.3) is 6.08 Å². The summed E-state index contributed by atoms with van der Waals surface area (Å²) in [5.41, 5.74) is 1.49. The zero-order valence-corrected chi connectivity index (χ0v) is 16.4. The fourth-order valence-electron chi connectivity index (χ4n) is 2.56. The summed E-state index contributed by atoms with van der Waals surface area (Å²) in [5, 5.41) is -0.516. The molecule has 0 radical (unpaired) electrons. The van der Waals surface area contributed by atoms with Crippen molar-refractivity contribution in [3.63, 3.8) is 0 Å². The van der Waals surface area contributed by atoms with Crippen LogP contribution in [0, 0.1) is 5.82 Å². The van der Waals surface area contributed by atoms with Crippen molar-refractivity contribution in [3.05, 3.63) is 70.4 Å². The van der Waals surface area contributed by atoms with Crippen LogP contribution in [0.1, 0.15) is 18.1 Å². The minimum absolute atomic E-state index is 0.176. The van der Waals surface area contributed by atoms with Crippen molar-refractivity contribution in [2.45, 2.75) is 13.5 Å². The number of esters is 1. The van der Waals surface area contributed by atoms with Gasteiger partial charge in [0.05, 0.1) is 11.5 Å². The van der Waals surface area contributed by atoms with Gasteiger partial charge in [0.25, 0.3) is 11.1 Å². The summed E-state index contributed by atoms with van der Waals surface area (Å²) in [6.45, 7) is 1.68. The molecule has 2 aromatic rings. The zero-order chi connectivity index (χ0) is 20.8. The molecule has 6 nitrogen and oxygen atoms in total. The third-order valence-electron chi connectivity index (χ3n) is 3.94. The molecule has 0 aromatic heterocycles. The lowest BCUT2D eigenvalue weighted by Gasteiger charge is -2.10. The Labute approximate surface area is 171 Å². The SMILES string of the molecule is CCOC(=O)CN1C(=O)S/C(=C\c2cccc(OCc3ccc(F)cc3)c2)C1=O. The van der Waals surface area contributed by atoms with Gasteiger partial charge >= 0.3 is 5.97 Å². The third-order valence-corrected chi connectivity index (χ3v) is 4.85. The third kappa shape index (κ3) is 5.45. The molecule has 1 aliphatic rings. The number of halogens is 1. The van der Waals surface area contributed by atoms with E-state index in [1.54, 1.807) is 49.4 Å². The first-order valence-corrected chi connectivity index (χ1v) is 9.66. The van der Waals surface area contributed by atoms with Crippen molar-refractivity contribution < 1.29 is 28.2 Å². The van der Waals surface area contributed by atoms with Crippen LogP contribution >= 0.6 is 11.8 Å². The number of imide groups is 1. The summed E-state index contributed by atoms with van der Waals surface area (Å²) in [5.74, 6) is -0.917. The van der Waals surface area contributed by atoms with E-state index in [2.05, 4.69) is 0 Å². The molecule has 1 saturated heterocycles. The largest absolute Gasteiger partial charge is 0.489 e. The Morgan fingerprint density at radius 3 is 2.66 bits per heavy atom. The molecule has 0 bridgehead atoms. The van der Waals surface area contributed by atoms with Gasteiger partial charge < -0.3 is 9.47 Å². The van der Waals surface area contributed by atoms with Crippen molar-refractivity contribution in [1.82, 2.24) is 4.90 Å². The van der Waals surface area contributed by atoms with Gasteiger partial charge in [-0.3, -0.25) is 19.3 Å². The van der Waals surface area contributed by atoms with Crippen LogP contribution in [-0.2, 0) is 20.9 Å². The van der Waals surface area contributed by atoms with Crippen LogP contribution in [0.2, 0.25) is 0 Å². The first-order valence-electron chi connectivity index (χ1n) is 8.84. The summed E-state index contributed by atoms with van der Waals surface area (Å²) in [4.78, 5) is 37.1. The van der Waals surface area contributed by atoms with E-state index in [4.69, 9.17) is 9.47 Å². The van der Waals surface area contributed by atoms with Crippen molar-refractivity contribution in [2.24, 2.45) is 0 Å². The van der Waals surface area contributed by atoms with E-state index in [9.17, 15) is 18.8 Å². The van der Waals surface area contributed by atoms with Gasteiger partial charge in [-0.2, -0.15) is 0 Å². The fourth-order valence-corrected chi connectivity index (χ4v) is 3.40. The Morgan fingerprint density at radius 2 is 1.93 bits per heavy atom. The quantitative estimate of drug-likeness (QED) is 0.503. The molecule has 0 N–H and O–H groups in total. The number of hydrogen-bond acceptors (Lipinski definition) is 6. The van der Waals surface area contributed by atoms with Crippen molar-refractivity contribution in [1.29, 1.82) is 0 Å². The number of nitrogens with zero attached hydrogens (tertiary/aromatic N) is 1. The van der Waals surface area contributed by atoms with Crippen LogP contribution in [0.15, 0.2) is 53.4 Å². The number of rotatable bonds is 7. The highest BCUT2D eigenvalue weighted by Gasteiger charge is 2.36. The normalized spacial score (nSPS) is 15.1. The van der Waals surface area contributed by atoms with Gasteiger partial charge in [-0.1, -0.05) is 24.3 Å². The summed E-state index contributed by atoms with van der Waals surface area (Å²) < 4.78 is 23.5. The van der Waals surface area contributed by atoms with Crippen molar-refractivity contribution in [3.8, 4) is 5.75 Å². The van der Waals surface area contributed by atoms with Crippen LogP contribution in [0.3, 0.4) is 0 Å². The van der Waals surface area contributed by atoms with Crippen LogP contribution in [0.4, 0.5) is 9.18 Å². The molecule has 0 aliphatic carbocycles. The molecular weight excluding hydrogens is 397 g/mol. The Kier molecular flexibility index (Phi) is 6.66. The van der Waals surface area contributed by atoms with Gasteiger partial charge in [0, 0.05) is 0 Å². The van der Waals surface area contributed by atoms with E-state index >= 15 is 0 Å². The van der Waals surface area contributed by atoms with E-state index in [1.165, 1.54) is 12.1 Å². The van der Waals surface area contributed by atoms with E-state index in [0.717, 1.165) is 22.2 Å². The Morgan fingerprint density at radius 1 is 1.17 bits per heavy atom. The molecule has 150 valence electrons. The smallest absolute Gasteiger partial charge is 0.326 e. The molecule has 0 atom stereocenters. The van der Waals surface area contributed by atoms with Gasteiger partial charge in [0.2, 0.25) is 0 Å². The summed E-state index contributed by atoms with van der Waals surface area (Å²) in [6, 6.07) is 13.0. The van der Waals surface area contributed by atoms with E-state index < -0.39 is 23.7 Å². The second-order valence-electron chi connectivity index (χ2n) is 6.06. The van der Waals surface area contributed by atoms with Crippen LogP contribution in [-0.4, -0.2) is 35.2 Å². The topological polar surface area (TPSA) is 72.9 Å². The summed E-state index contributed by atoms with van der Waals surface area (Å²) in [6.07, 6.45) is 1.57. The second kappa shape index (κ2) is 9.38. The Bertz CT molecular complexity index is 958. The van der Waals surface area contributed by atoms with Gasteiger partial charge in [0.1, 0.15) is 24.7 Å². The van der Waals surface area contributed by atoms with Gasteiger partial charge in [-0.05, 0) is 60.2 Å². The maximum absolute atomic E-state index is 13.0. The highest BCUT2D eigenvalue weighted by atomic mass is 32.2. The number of carbonyl (C=O) groups excluding carboxylic acids is 3. The summed E-state index contributed by atoms with van der Waals surface area (Å²) in [7, 11) is 0. The number of carbonyl (C=O) groups is 3. The summed E-state index contributed by atoms with van der Waals surface area (Å²) >= 11 is 0.769. The van der Waals surface area contributed by atoms with Crippen LogP contribution in [0.5, 0.6) is 5.75 Å². The van der Waals surface area contributed by atoms with E-state index in [0.29, 0.717) is 11.3 Å². The lowest BCUT2D eigenvalue weighted by Crippen LogP contribution is -2.34. The molecule has 8 heteroatoms. The lowest BCUT2D eigenvalue weighted by molar-refractivity contribution is -0.145. The molecule has 2 amide bonds. The monoisotopic (exact) mass is 415 g/mol. The number of ether oxygens (including phenoxy) is 2. The number of hydrogen-bond donors (Lipinski definition) is 0. The van der Waals surface area contributed by atoms with Crippen molar-refractivity contribution in [2.75, 3.05) is 13.2 Å². The minimum atomic E-state index is -0.632. The molecule has 29 heavy (non-hydrogen) atoms. The van der Waals surface area contributed by atoms with Gasteiger partial charge in [-0.25, -0.2) is 4.39 Å². The molecular formula is C21H18FNO5S. The first-order chi connectivity index (χ1) is 14.0. The predicted molar refractivity (Wildman–Crippen MR) is 106 cm³/mol. The molecule has 0 unspecified atom stereocenters. The minimum Gasteiger partial charge on any atom is -0.489 e. The zero-order valence-electron chi connectivity index (χ0n) is 15.6. The molecule has 1 fully saturated rings. The molecule has 3 rings (SSSR count). The van der Waals surface area contributed by atoms with E-state index in [1.807, 2.05) is 0 Å². The molecule has 2 aromatic carbocycles. The highest BCUT2D eigenvalue weighted by Crippen LogP contribution is 2.32. The standard InChI is InChI=1S/C21H18FNO5S/c1-2-27-19(24)12-23-20(25)18(29-21(23)26)11-15-4-3-5-17(10-15)28-13-14-6-8-16(22)9-7-14/h3-11H,2,12-13H2,1H3/b18-11-. The maximum atomic E-state index is 13.0. The van der Waals surface area contributed by atoms with Gasteiger partial charge in [-0.15, -0.1) is 0 Å². The number of thioether (sulfide) groups is 1. The lowest BCUT2D eigenvalue weighted by atomic mass is 10.2. The molecule has 0 spiro atoms. The Balaban J connectivity index is 1.67. The fraction of sp³-hybridized carbons (Fsp3) is 0.190. The molecule has 1 heterocycles. The highest BCUT2D eigenvalue weighted by molar-refractivity contribution is 8.18. The predicted octanol–water partition coefficient (Wildman–Crippen LogP) is 4.00. The first kappa shape index (κ1) is 20.6. The maximum Gasteiger partial charge on any atom is 0.326 e. The average molecular weight is 415 g/mol. The average Bonchev–Trinajstić information content (AvgIpc) is 2.95. The van der Waals surface area contributed by atoms with Gasteiger partial charge in [0.15, 0.2) is 0 Å². The van der Waals surface area contributed by atoms with Crippen molar-refractivity contribution >= 4 is 35.0 Å². The Hall–Kier alpha value is -3.13. The van der Waals surface area contributed by atoms with E-state index in [-0.39, 0.29) is 23.9 Å². The van der Waals surface area contributed by atoms with Crippen LogP contribution < -0.4 is 4.74 Å². The molecule has 1 aliphatic heterocycles. The molecule has 0 saturated carbocycles. The number of benzene rings is 2.